The summed E-state index contributed by atoms with van der Waals surface area (Å²) in [4.78, 5) is 12.6. The van der Waals surface area contributed by atoms with Gasteiger partial charge in [0, 0.05) is 17.8 Å². The number of rotatable bonds is 5. The molecule has 136 valence electrons. The molecule has 6 heteroatoms. The Morgan fingerprint density at radius 3 is 2.85 bits per heavy atom. The molecule has 27 heavy (non-hydrogen) atoms. The van der Waals surface area contributed by atoms with Crippen LogP contribution in [0.2, 0.25) is 0 Å². The monoisotopic (exact) mass is 361 g/mol. The zero-order valence-electron chi connectivity index (χ0n) is 14.9. The number of amides is 1. The summed E-state index contributed by atoms with van der Waals surface area (Å²) in [6, 6.07) is 17.1. The summed E-state index contributed by atoms with van der Waals surface area (Å²) in [6.45, 7) is 2.66. The number of fused-ring (bicyclic) bond motifs is 1. The Bertz CT molecular complexity index is 993. The Balaban J connectivity index is 1.51. The lowest BCUT2D eigenvalue weighted by atomic mass is 10.1. The lowest BCUT2D eigenvalue weighted by Crippen LogP contribution is -2.21. The van der Waals surface area contributed by atoms with Crippen molar-refractivity contribution in [1.82, 2.24) is 9.78 Å². The van der Waals surface area contributed by atoms with Gasteiger partial charge in [-0.2, -0.15) is 5.10 Å². The molecule has 0 fully saturated rings. The van der Waals surface area contributed by atoms with Crippen molar-refractivity contribution in [3.8, 4) is 17.2 Å². The number of carbonyl (C=O) groups excluding carboxylic acids is 1. The number of benzene rings is 2. The summed E-state index contributed by atoms with van der Waals surface area (Å²) in [5.74, 6) is 1.61. The van der Waals surface area contributed by atoms with E-state index in [1.165, 1.54) is 0 Å². The lowest BCUT2D eigenvalue weighted by Gasteiger charge is -2.19. The molecule has 2 aromatic carbocycles. The highest BCUT2D eigenvalue weighted by Gasteiger charge is 2.20. The van der Waals surface area contributed by atoms with Crippen LogP contribution in [0.4, 0.5) is 5.82 Å². The van der Waals surface area contributed by atoms with Gasteiger partial charge in [0.25, 0.3) is 5.91 Å². The molecule has 0 unspecified atom stereocenters. The van der Waals surface area contributed by atoms with Crippen LogP contribution in [0.3, 0.4) is 0 Å². The second kappa shape index (κ2) is 7.37. The zero-order valence-corrected chi connectivity index (χ0v) is 14.9. The fourth-order valence-corrected chi connectivity index (χ4v) is 2.89. The molecule has 0 bridgehead atoms. The summed E-state index contributed by atoms with van der Waals surface area (Å²) in [5, 5.41) is 7.22. The van der Waals surface area contributed by atoms with E-state index < -0.39 is 0 Å². The van der Waals surface area contributed by atoms with Crippen LogP contribution in [0.15, 0.2) is 66.4 Å². The van der Waals surface area contributed by atoms with Gasteiger partial charge in [-0.3, -0.25) is 4.79 Å². The van der Waals surface area contributed by atoms with E-state index in [0.29, 0.717) is 29.5 Å². The molecule has 0 spiro atoms. The molecule has 1 aliphatic rings. The van der Waals surface area contributed by atoms with Crippen LogP contribution in [0.5, 0.6) is 11.5 Å². The number of carbonyl (C=O) groups is 1. The summed E-state index contributed by atoms with van der Waals surface area (Å²) in [5.41, 5.74) is 2.29. The summed E-state index contributed by atoms with van der Waals surface area (Å²) in [6.07, 6.45) is 3.63. The van der Waals surface area contributed by atoms with E-state index in [2.05, 4.69) is 10.4 Å². The molecule has 4 rings (SSSR count). The average molecular weight is 361 g/mol. The summed E-state index contributed by atoms with van der Waals surface area (Å²) >= 11 is 0. The highest BCUT2D eigenvalue weighted by Crippen LogP contribution is 2.35. The Morgan fingerprint density at radius 1 is 1.19 bits per heavy atom. The van der Waals surface area contributed by atoms with Gasteiger partial charge >= 0.3 is 0 Å². The van der Waals surface area contributed by atoms with Crippen molar-refractivity contribution in [2.24, 2.45) is 0 Å². The number of hydrogen-bond acceptors (Lipinski definition) is 4. The van der Waals surface area contributed by atoms with Crippen LogP contribution in [-0.4, -0.2) is 28.9 Å². The molecule has 0 saturated carbocycles. The molecule has 1 aliphatic heterocycles. The van der Waals surface area contributed by atoms with E-state index in [4.69, 9.17) is 9.47 Å². The third-order valence-corrected chi connectivity index (χ3v) is 4.15. The molecule has 0 atom stereocenters. The SMILES string of the molecule is CCOc1cccc2c1OCC(C(=O)Nc1ccn(-c3ccccc3)n1)=C2. The number of para-hydroxylation sites is 2. The maximum absolute atomic E-state index is 12.6. The second-order valence-electron chi connectivity index (χ2n) is 6.00. The number of anilines is 1. The number of aromatic nitrogens is 2. The Kier molecular flexibility index (Phi) is 4.61. The van der Waals surface area contributed by atoms with Gasteiger partial charge in [0.2, 0.25) is 0 Å². The van der Waals surface area contributed by atoms with E-state index in [1.807, 2.05) is 61.5 Å². The predicted molar refractivity (Wildman–Crippen MR) is 103 cm³/mol. The van der Waals surface area contributed by atoms with Crippen LogP contribution in [0.1, 0.15) is 12.5 Å². The van der Waals surface area contributed by atoms with Crippen molar-refractivity contribution in [1.29, 1.82) is 0 Å². The lowest BCUT2D eigenvalue weighted by molar-refractivity contribution is -0.113. The maximum Gasteiger partial charge on any atom is 0.256 e. The predicted octanol–water partition coefficient (Wildman–Crippen LogP) is 3.69. The molecule has 6 nitrogen and oxygen atoms in total. The van der Waals surface area contributed by atoms with Gasteiger partial charge in [-0.15, -0.1) is 0 Å². The first-order chi connectivity index (χ1) is 13.2. The average Bonchev–Trinajstić information content (AvgIpc) is 3.17. The molecule has 0 radical (unpaired) electrons. The van der Waals surface area contributed by atoms with Gasteiger partial charge in [0.15, 0.2) is 17.3 Å². The highest BCUT2D eigenvalue weighted by atomic mass is 16.5. The van der Waals surface area contributed by atoms with Gasteiger partial charge < -0.3 is 14.8 Å². The fourth-order valence-electron chi connectivity index (χ4n) is 2.89. The van der Waals surface area contributed by atoms with Crippen molar-refractivity contribution >= 4 is 17.8 Å². The molecule has 1 aromatic heterocycles. The van der Waals surface area contributed by atoms with Crippen LogP contribution >= 0.6 is 0 Å². The quantitative estimate of drug-likeness (QED) is 0.753. The summed E-state index contributed by atoms with van der Waals surface area (Å²) in [7, 11) is 0. The Morgan fingerprint density at radius 2 is 2.04 bits per heavy atom. The molecule has 2 heterocycles. The normalized spacial score (nSPS) is 12.6. The van der Waals surface area contributed by atoms with E-state index >= 15 is 0 Å². The molecule has 1 amide bonds. The first-order valence-corrected chi connectivity index (χ1v) is 8.76. The maximum atomic E-state index is 12.6. The Hall–Kier alpha value is -3.54. The number of ether oxygens (including phenoxy) is 2. The molecule has 1 N–H and O–H groups in total. The van der Waals surface area contributed by atoms with E-state index in [0.717, 1.165) is 11.3 Å². The van der Waals surface area contributed by atoms with Crippen LogP contribution in [0.25, 0.3) is 11.8 Å². The molecule has 0 saturated heterocycles. The van der Waals surface area contributed by atoms with Crippen molar-refractivity contribution < 1.29 is 14.3 Å². The van der Waals surface area contributed by atoms with Gasteiger partial charge in [-0.25, -0.2) is 4.68 Å². The molecule has 0 aliphatic carbocycles. The number of nitrogens with zero attached hydrogens (tertiary/aromatic N) is 2. The topological polar surface area (TPSA) is 65.4 Å². The van der Waals surface area contributed by atoms with Gasteiger partial charge in [-0.1, -0.05) is 30.3 Å². The number of hydrogen-bond donors (Lipinski definition) is 1. The highest BCUT2D eigenvalue weighted by molar-refractivity contribution is 6.07. The largest absolute Gasteiger partial charge is 0.490 e. The van der Waals surface area contributed by atoms with Crippen LogP contribution in [-0.2, 0) is 4.79 Å². The number of nitrogens with one attached hydrogen (secondary N) is 1. The van der Waals surface area contributed by atoms with Crippen molar-refractivity contribution in [2.75, 3.05) is 18.5 Å². The van der Waals surface area contributed by atoms with Crippen LogP contribution in [0, 0.1) is 0 Å². The van der Waals surface area contributed by atoms with Crippen LogP contribution < -0.4 is 14.8 Å². The van der Waals surface area contributed by atoms with Gasteiger partial charge in [0.1, 0.15) is 6.61 Å². The smallest absolute Gasteiger partial charge is 0.256 e. The third kappa shape index (κ3) is 3.55. The third-order valence-electron chi connectivity index (χ3n) is 4.15. The first kappa shape index (κ1) is 16.9. The minimum absolute atomic E-state index is 0.183. The molecule has 3 aromatic rings. The van der Waals surface area contributed by atoms with E-state index in [1.54, 1.807) is 16.9 Å². The van der Waals surface area contributed by atoms with Crippen molar-refractivity contribution in [2.45, 2.75) is 6.92 Å². The zero-order chi connectivity index (χ0) is 18.6. The standard InChI is InChI=1S/C21H19N3O3/c1-2-26-18-10-6-7-15-13-16(14-27-20(15)18)21(25)22-19-11-12-24(23-19)17-8-4-3-5-9-17/h3-13H,2,14H2,1H3,(H,22,23,25). The summed E-state index contributed by atoms with van der Waals surface area (Å²) < 4.78 is 13.1. The van der Waals surface area contributed by atoms with Crippen molar-refractivity contribution in [3.05, 3.63) is 71.9 Å². The minimum atomic E-state index is -0.235. The Labute approximate surface area is 157 Å². The fraction of sp³-hybridized carbons (Fsp3) is 0.143. The van der Waals surface area contributed by atoms with E-state index in [-0.39, 0.29) is 12.5 Å². The first-order valence-electron chi connectivity index (χ1n) is 8.76. The molecular weight excluding hydrogens is 342 g/mol. The van der Waals surface area contributed by atoms with Gasteiger partial charge in [-0.05, 0) is 31.2 Å². The molecular formula is C21H19N3O3. The van der Waals surface area contributed by atoms with E-state index in [9.17, 15) is 4.79 Å². The van der Waals surface area contributed by atoms with Gasteiger partial charge in [0.05, 0.1) is 17.9 Å². The minimum Gasteiger partial charge on any atom is -0.490 e. The van der Waals surface area contributed by atoms with Crippen molar-refractivity contribution in [3.63, 3.8) is 0 Å². The second-order valence-corrected chi connectivity index (χ2v) is 6.00.